The number of hydrogen-bond acceptors (Lipinski definition) is 8. The highest BCUT2D eigenvalue weighted by Crippen LogP contribution is 2.31. The molecule has 0 saturated carbocycles. The quantitative estimate of drug-likeness (QED) is 0.347. The zero-order chi connectivity index (χ0) is 28.0. The third-order valence-electron chi connectivity index (χ3n) is 7.62. The number of hydrogen-bond donors (Lipinski definition) is 2. The number of hydroxylamine groups is 1. The van der Waals surface area contributed by atoms with Crippen LogP contribution in [0.5, 0.6) is 0 Å². The second kappa shape index (κ2) is 10.3. The van der Waals surface area contributed by atoms with Crippen molar-refractivity contribution in [3.05, 3.63) is 81.2 Å². The van der Waals surface area contributed by atoms with Crippen LogP contribution in [0.4, 0.5) is 11.6 Å². The number of piperidine rings is 1. The SMILES string of the molecule is CN1CCC(c2ccc(Nc3ncc4cc(-c5ccc(C6=NC(C)(C)ON6)cc5Cl)c(=O)n(C)c4n3)cc2)CC1. The molecule has 2 N–H and O–H groups in total. The first-order valence-corrected chi connectivity index (χ1v) is 13.8. The summed E-state index contributed by atoms with van der Waals surface area (Å²) in [6.07, 6.45) is 4.09. The molecule has 0 amide bonds. The van der Waals surface area contributed by atoms with E-state index in [0.29, 0.717) is 39.5 Å². The molecule has 0 spiro atoms. The predicted octanol–water partition coefficient (Wildman–Crippen LogP) is 5.22. The molecule has 0 radical (unpaired) electrons. The molecule has 0 atom stereocenters. The molecule has 2 aromatic heterocycles. The van der Waals surface area contributed by atoms with Gasteiger partial charge in [0.1, 0.15) is 5.65 Å². The number of aliphatic imine (C=N–C) groups is 1. The van der Waals surface area contributed by atoms with E-state index in [1.807, 2.05) is 26.0 Å². The van der Waals surface area contributed by atoms with Crippen LogP contribution in [-0.4, -0.2) is 51.1 Å². The predicted molar refractivity (Wildman–Crippen MR) is 159 cm³/mol. The first-order valence-electron chi connectivity index (χ1n) is 13.4. The van der Waals surface area contributed by atoms with E-state index in [1.54, 1.807) is 25.4 Å². The number of pyridine rings is 1. The van der Waals surface area contributed by atoms with Crippen molar-refractivity contribution in [3.8, 4) is 11.1 Å². The average Bonchev–Trinajstić information content (AvgIpc) is 3.31. The molecule has 1 saturated heterocycles. The van der Waals surface area contributed by atoms with Crippen molar-refractivity contribution in [2.24, 2.45) is 12.0 Å². The minimum absolute atomic E-state index is 0.199. The van der Waals surface area contributed by atoms with Crippen LogP contribution >= 0.6 is 11.6 Å². The molecule has 0 bridgehead atoms. The van der Waals surface area contributed by atoms with Gasteiger partial charge in [-0.2, -0.15) is 4.98 Å². The van der Waals surface area contributed by atoms with E-state index >= 15 is 0 Å². The minimum Gasteiger partial charge on any atom is -0.324 e. The lowest BCUT2D eigenvalue weighted by molar-refractivity contribution is -0.0269. The molecule has 2 aliphatic heterocycles. The van der Waals surface area contributed by atoms with Crippen LogP contribution < -0.4 is 16.4 Å². The molecular weight excluding hydrogens is 526 g/mol. The molecule has 4 heterocycles. The number of likely N-dealkylation sites (tertiary alicyclic amines) is 1. The molecule has 206 valence electrons. The van der Waals surface area contributed by atoms with Gasteiger partial charge in [-0.25, -0.2) is 20.3 Å². The van der Waals surface area contributed by atoms with Gasteiger partial charge in [0, 0.05) is 46.0 Å². The van der Waals surface area contributed by atoms with Gasteiger partial charge < -0.3 is 10.2 Å². The monoisotopic (exact) mass is 557 g/mol. The number of nitrogens with one attached hydrogen (secondary N) is 2. The zero-order valence-electron chi connectivity index (χ0n) is 23.0. The zero-order valence-corrected chi connectivity index (χ0v) is 23.8. The topological polar surface area (TPSA) is 96.7 Å². The van der Waals surface area contributed by atoms with Crippen LogP contribution in [0.3, 0.4) is 0 Å². The summed E-state index contributed by atoms with van der Waals surface area (Å²) in [4.78, 5) is 34.9. The van der Waals surface area contributed by atoms with Crippen LogP contribution in [0.25, 0.3) is 22.2 Å². The molecule has 1 fully saturated rings. The molecule has 4 aromatic rings. The fraction of sp³-hybridized carbons (Fsp3) is 0.333. The van der Waals surface area contributed by atoms with Gasteiger partial charge in [-0.05, 0) is 82.6 Å². The largest absolute Gasteiger partial charge is 0.324 e. The highest BCUT2D eigenvalue weighted by atomic mass is 35.5. The molecule has 40 heavy (non-hydrogen) atoms. The van der Waals surface area contributed by atoms with Crippen LogP contribution in [0.2, 0.25) is 5.02 Å². The molecule has 2 aromatic carbocycles. The summed E-state index contributed by atoms with van der Waals surface area (Å²) in [5.41, 5.74) is 6.65. The molecule has 2 aliphatic rings. The third kappa shape index (κ3) is 5.20. The number of rotatable bonds is 5. The van der Waals surface area contributed by atoms with Gasteiger partial charge in [0.05, 0.1) is 0 Å². The second-order valence-corrected chi connectivity index (χ2v) is 11.4. The summed E-state index contributed by atoms with van der Waals surface area (Å²) in [5.74, 6) is 1.62. The van der Waals surface area contributed by atoms with Gasteiger partial charge in [-0.1, -0.05) is 35.9 Å². The van der Waals surface area contributed by atoms with E-state index in [4.69, 9.17) is 16.4 Å². The van der Waals surface area contributed by atoms with Crippen molar-refractivity contribution in [2.45, 2.75) is 38.3 Å². The van der Waals surface area contributed by atoms with Gasteiger partial charge in [-0.3, -0.25) is 9.36 Å². The highest BCUT2D eigenvalue weighted by molar-refractivity contribution is 6.33. The molecule has 0 aliphatic carbocycles. The van der Waals surface area contributed by atoms with Crippen molar-refractivity contribution < 1.29 is 4.84 Å². The summed E-state index contributed by atoms with van der Waals surface area (Å²) in [5, 5.41) is 4.45. The maximum absolute atomic E-state index is 13.4. The van der Waals surface area contributed by atoms with E-state index in [9.17, 15) is 4.79 Å². The third-order valence-corrected chi connectivity index (χ3v) is 7.93. The summed E-state index contributed by atoms with van der Waals surface area (Å²) in [7, 11) is 3.89. The highest BCUT2D eigenvalue weighted by Gasteiger charge is 2.27. The number of anilines is 2. The van der Waals surface area contributed by atoms with Crippen molar-refractivity contribution in [2.75, 3.05) is 25.5 Å². The van der Waals surface area contributed by atoms with Crippen molar-refractivity contribution in [1.29, 1.82) is 0 Å². The molecule has 10 heteroatoms. The number of aromatic nitrogens is 3. The Bertz CT molecular complexity index is 1670. The molecule has 0 unspecified atom stereocenters. The van der Waals surface area contributed by atoms with Gasteiger partial charge >= 0.3 is 0 Å². The Balaban J connectivity index is 1.25. The first-order chi connectivity index (χ1) is 19.2. The Labute approximate surface area is 237 Å². The summed E-state index contributed by atoms with van der Waals surface area (Å²) >= 11 is 6.66. The summed E-state index contributed by atoms with van der Waals surface area (Å²) in [6.45, 7) is 5.98. The number of fused-ring (bicyclic) bond motifs is 1. The molecular formula is C30H32ClN7O2. The standard InChI is InChI=1S/C30H32ClN7O2/c1-30(2)35-26(36-40-30)20-7-10-23(25(31)16-20)24-15-21-17-32-29(34-27(21)38(4)28(24)39)33-22-8-5-18(6-9-22)19-11-13-37(3)14-12-19/h5-10,15-17,19H,11-14H2,1-4H3,(H,35,36)(H,32,33,34). The average molecular weight is 558 g/mol. The lowest BCUT2D eigenvalue weighted by atomic mass is 9.89. The van der Waals surface area contributed by atoms with Crippen LogP contribution in [-0.2, 0) is 11.9 Å². The Morgan fingerprint density at radius 3 is 2.48 bits per heavy atom. The lowest BCUT2D eigenvalue weighted by Gasteiger charge is -2.29. The maximum atomic E-state index is 13.4. The van der Waals surface area contributed by atoms with Gasteiger partial charge in [0.25, 0.3) is 5.56 Å². The van der Waals surface area contributed by atoms with E-state index < -0.39 is 5.72 Å². The number of halogens is 1. The van der Waals surface area contributed by atoms with Gasteiger partial charge in [-0.15, -0.1) is 0 Å². The maximum Gasteiger partial charge on any atom is 0.259 e. The Morgan fingerprint density at radius 1 is 1.05 bits per heavy atom. The van der Waals surface area contributed by atoms with Crippen molar-refractivity contribution in [1.82, 2.24) is 24.9 Å². The second-order valence-electron chi connectivity index (χ2n) is 11.0. The fourth-order valence-electron chi connectivity index (χ4n) is 5.30. The molecule has 6 rings (SSSR count). The normalized spacial score (nSPS) is 17.6. The Hall–Kier alpha value is -3.79. The Morgan fingerprint density at radius 2 is 1.80 bits per heavy atom. The summed E-state index contributed by atoms with van der Waals surface area (Å²) in [6, 6.07) is 15.7. The van der Waals surface area contributed by atoms with Crippen molar-refractivity contribution in [3.63, 3.8) is 0 Å². The number of amidine groups is 1. The van der Waals surface area contributed by atoms with E-state index in [1.165, 1.54) is 23.0 Å². The van der Waals surface area contributed by atoms with E-state index in [2.05, 4.69) is 62.0 Å². The van der Waals surface area contributed by atoms with Crippen molar-refractivity contribution >= 4 is 40.1 Å². The van der Waals surface area contributed by atoms with E-state index in [-0.39, 0.29) is 5.56 Å². The van der Waals surface area contributed by atoms with E-state index in [0.717, 1.165) is 29.7 Å². The van der Waals surface area contributed by atoms with Crippen LogP contribution in [0.15, 0.2) is 64.5 Å². The van der Waals surface area contributed by atoms with Gasteiger partial charge in [0.2, 0.25) is 5.95 Å². The van der Waals surface area contributed by atoms with Crippen LogP contribution in [0.1, 0.15) is 43.7 Å². The number of nitrogens with zero attached hydrogens (tertiary/aromatic N) is 5. The number of aryl methyl sites for hydroxylation is 1. The summed E-state index contributed by atoms with van der Waals surface area (Å²) < 4.78 is 1.53. The lowest BCUT2D eigenvalue weighted by Crippen LogP contribution is -2.29. The first kappa shape index (κ1) is 26.4. The van der Waals surface area contributed by atoms with Gasteiger partial charge in [0.15, 0.2) is 11.6 Å². The molecule has 9 nitrogen and oxygen atoms in total. The minimum atomic E-state index is -0.654. The number of benzene rings is 2. The Kier molecular flexibility index (Phi) is 6.82. The smallest absolute Gasteiger partial charge is 0.259 e. The van der Waals surface area contributed by atoms with Crippen LogP contribution in [0, 0.1) is 0 Å². The fourth-order valence-corrected chi connectivity index (χ4v) is 5.58.